The Hall–Kier alpha value is -2.66. The average Bonchev–Trinajstić information content (AvgIpc) is 2.96. The van der Waals surface area contributed by atoms with E-state index in [1.54, 1.807) is 0 Å². The minimum Gasteiger partial charge on any atom is -0.314 e. The molecule has 0 heterocycles. The second-order valence-corrected chi connectivity index (χ2v) is 15.7. The van der Waals surface area contributed by atoms with Crippen molar-refractivity contribution in [1.82, 2.24) is 0 Å². The molecule has 4 heteroatoms. The lowest BCUT2D eigenvalue weighted by atomic mass is 9.81. The van der Waals surface area contributed by atoms with Crippen LogP contribution in [0.5, 0.6) is 0 Å². The summed E-state index contributed by atoms with van der Waals surface area (Å²) in [4.78, 5) is 0. The van der Waals surface area contributed by atoms with E-state index in [0.717, 1.165) is 46.9 Å². The largest absolute Gasteiger partial charge is 0.314 e. The van der Waals surface area contributed by atoms with Gasteiger partial charge >= 0.3 is 0 Å². The molecule has 5 rings (SSSR count). The first kappa shape index (κ1) is 25.0. The Morgan fingerprint density at radius 3 is 0.944 bits per heavy atom. The molecule has 0 N–H and O–H groups in total. The summed E-state index contributed by atoms with van der Waals surface area (Å²) < 4.78 is 29.7. The van der Waals surface area contributed by atoms with Gasteiger partial charge in [-0.2, -0.15) is 0 Å². The highest BCUT2D eigenvalue weighted by Crippen LogP contribution is 2.53. The van der Waals surface area contributed by atoms with Crippen molar-refractivity contribution in [2.45, 2.75) is 25.7 Å². The fraction of sp³-hybridized carbons (Fsp3) is 0.250. The van der Waals surface area contributed by atoms with Gasteiger partial charge in [-0.05, 0) is 24.7 Å². The van der Waals surface area contributed by atoms with Crippen molar-refractivity contribution in [3.8, 4) is 0 Å². The van der Waals surface area contributed by atoms with E-state index in [-0.39, 0.29) is 11.8 Å². The molecule has 1 aliphatic rings. The third-order valence-electron chi connectivity index (χ3n) is 7.74. The highest BCUT2D eigenvalue weighted by molar-refractivity contribution is 7.79. The Bertz CT molecular complexity index is 1140. The van der Waals surface area contributed by atoms with E-state index < -0.39 is 14.3 Å². The highest BCUT2D eigenvalue weighted by Gasteiger charge is 2.39. The van der Waals surface area contributed by atoms with E-state index in [1.807, 2.05) is 121 Å². The standard InChI is InChI=1S/C32H34O2P2/c33-35(29-17-5-1-6-18-29,30-19-7-2-8-20-30)25-27-15-13-14-16-28(27)26-36(34,31-21-9-3-10-22-31)32-23-11-4-12-24-32/h1-12,17-24,27-28H,13-16,25-26H2. The molecule has 1 saturated carbocycles. The second-order valence-electron chi connectivity index (χ2n) is 9.99. The first-order chi connectivity index (χ1) is 17.6. The van der Waals surface area contributed by atoms with Gasteiger partial charge < -0.3 is 9.13 Å². The van der Waals surface area contributed by atoms with Crippen molar-refractivity contribution in [2.24, 2.45) is 11.8 Å². The Kier molecular flexibility index (Phi) is 7.76. The number of hydrogen-bond donors (Lipinski definition) is 0. The summed E-state index contributed by atoms with van der Waals surface area (Å²) in [6.07, 6.45) is 5.64. The van der Waals surface area contributed by atoms with Crippen LogP contribution in [0, 0.1) is 11.8 Å². The summed E-state index contributed by atoms with van der Waals surface area (Å²) in [7, 11) is -5.66. The zero-order valence-corrected chi connectivity index (χ0v) is 22.4. The summed E-state index contributed by atoms with van der Waals surface area (Å²) in [6.45, 7) is 0. The Balaban J connectivity index is 1.52. The quantitative estimate of drug-likeness (QED) is 0.243. The molecule has 36 heavy (non-hydrogen) atoms. The van der Waals surface area contributed by atoms with Gasteiger partial charge in [0.1, 0.15) is 14.3 Å². The van der Waals surface area contributed by atoms with Crippen LogP contribution in [0.3, 0.4) is 0 Å². The van der Waals surface area contributed by atoms with Gasteiger partial charge in [0.2, 0.25) is 0 Å². The molecule has 1 aliphatic carbocycles. The van der Waals surface area contributed by atoms with Crippen LogP contribution in [0.25, 0.3) is 0 Å². The first-order valence-electron chi connectivity index (χ1n) is 13.0. The maximum Gasteiger partial charge on any atom is 0.143 e. The molecule has 2 nitrogen and oxygen atoms in total. The van der Waals surface area contributed by atoms with Crippen LogP contribution >= 0.6 is 14.3 Å². The average molecular weight is 513 g/mol. The fourth-order valence-electron chi connectivity index (χ4n) is 5.82. The van der Waals surface area contributed by atoms with Crippen molar-refractivity contribution >= 4 is 35.5 Å². The minimum absolute atomic E-state index is 0.269. The molecule has 4 aromatic carbocycles. The Morgan fingerprint density at radius 1 is 0.444 bits per heavy atom. The van der Waals surface area contributed by atoms with Crippen molar-refractivity contribution < 1.29 is 9.13 Å². The molecule has 2 atom stereocenters. The third-order valence-corrected chi connectivity index (χ3v) is 14.2. The van der Waals surface area contributed by atoms with Crippen LogP contribution in [0.2, 0.25) is 0 Å². The van der Waals surface area contributed by atoms with Gasteiger partial charge in [0, 0.05) is 33.5 Å². The van der Waals surface area contributed by atoms with Crippen LogP contribution in [0.15, 0.2) is 121 Å². The van der Waals surface area contributed by atoms with E-state index in [4.69, 9.17) is 0 Å². The number of benzene rings is 4. The SMILES string of the molecule is O=P(CC1CCCCC1CP(=O)(c1ccccc1)c1ccccc1)(c1ccccc1)c1ccccc1. The smallest absolute Gasteiger partial charge is 0.143 e. The molecule has 0 bridgehead atoms. The maximum atomic E-state index is 14.9. The van der Waals surface area contributed by atoms with Crippen LogP contribution in [-0.2, 0) is 9.13 Å². The van der Waals surface area contributed by atoms with E-state index in [0.29, 0.717) is 12.3 Å². The summed E-state index contributed by atoms with van der Waals surface area (Å²) in [6, 6.07) is 40.0. The van der Waals surface area contributed by atoms with Gasteiger partial charge in [-0.1, -0.05) is 134 Å². The summed E-state index contributed by atoms with van der Waals surface area (Å²) in [5, 5.41) is 3.70. The van der Waals surface area contributed by atoms with Gasteiger partial charge in [-0.3, -0.25) is 0 Å². The molecule has 2 unspecified atom stereocenters. The van der Waals surface area contributed by atoms with E-state index in [9.17, 15) is 9.13 Å². The van der Waals surface area contributed by atoms with Gasteiger partial charge in [0.25, 0.3) is 0 Å². The van der Waals surface area contributed by atoms with E-state index in [1.165, 1.54) is 0 Å². The minimum atomic E-state index is -2.83. The summed E-state index contributed by atoms with van der Waals surface area (Å²) >= 11 is 0. The number of hydrogen-bond acceptors (Lipinski definition) is 2. The molecule has 184 valence electrons. The first-order valence-corrected chi connectivity index (χ1v) is 16.8. The third kappa shape index (κ3) is 5.22. The predicted molar refractivity (Wildman–Crippen MR) is 155 cm³/mol. The van der Waals surface area contributed by atoms with Gasteiger partial charge in [-0.25, -0.2) is 0 Å². The highest BCUT2D eigenvalue weighted by atomic mass is 31.2. The van der Waals surface area contributed by atoms with Crippen molar-refractivity contribution in [3.05, 3.63) is 121 Å². The zero-order chi connectivity index (χ0) is 24.8. The normalized spacial score (nSPS) is 18.6. The summed E-state index contributed by atoms with van der Waals surface area (Å²) in [5.41, 5.74) is 0. The molecule has 0 amide bonds. The Morgan fingerprint density at radius 2 is 0.694 bits per heavy atom. The molecule has 0 aromatic heterocycles. The van der Waals surface area contributed by atoms with Gasteiger partial charge in [0.15, 0.2) is 0 Å². The molecule has 1 fully saturated rings. The van der Waals surface area contributed by atoms with Gasteiger partial charge in [0.05, 0.1) is 0 Å². The monoisotopic (exact) mass is 512 g/mol. The molecule has 0 radical (unpaired) electrons. The molecule has 0 aliphatic heterocycles. The molecule has 0 saturated heterocycles. The van der Waals surface area contributed by atoms with E-state index in [2.05, 4.69) is 0 Å². The summed E-state index contributed by atoms with van der Waals surface area (Å²) in [5.74, 6) is 0.538. The van der Waals surface area contributed by atoms with Crippen molar-refractivity contribution in [1.29, 1.82) is 0 Å². The van der Waals surface area contributed by atoms with Crippen LogP contribution < -0.4 is 21.2 Å². The maximum absolute atomic E-state index is 14.9. The van der Waals surface area contributed by atoms with Crippen molar-refractivity contribution in [3.63, 3.8) is 0 Å². The zero-order valence-electron chi connectivity index (χ0n) is 20.7. The fourth-order valence-corrected chi connectivity index (χ4v) is 12.2. The van der Waals surface area contributed by atoms with Gasteiger partial charge in [-0.15, -0.1) is 0 Å². The predicted octanol–water partition coefficient (Wildman–Crippen LogP) is 6.82. The second kappa shape index (κ2) is 11.2. The van der Waals surface area contributed by atoms with Crippen LogP contribution in [0.4, 0.5) is 0 Å². The lowest BCUT2D eigenvalue weighted by Gasteiger charge is -2.36. The lowest BCUT2D eigenvalue weighted by molar-refractivity contribution is 0.281. The van der Waals surface area contributed by atoms with E-state index >= 15 is 0 Å². The number of rotatable bonds is 8. The van der Waals surface area contributed by atoms with Crippen LogP contribution in [0.1, 0.15) is 25.7 Å². The molecule has 4 aromatic rings. The van der Waals surface area contributed by atoms with Crippen LogP contribution in [-0.4, -0.2) is 12.3 Å². The molecular weight excluding hydrogens is 478 g/mol. The molecule has 0 spiro atoms. The molecular formula is C32H34O2P2. The lowest BCUT2D eigenvalue weighted by Crippen LogP contribution is -2.32. The van der Waals surface area contributed by atoms with Crippen molar-refractivity contribution in [2.75, 3.05) is 12.3 Å². The topological polar surface area (TPSA) is 34.1 Å². The Labute approximate surface area is 215 Å².